The van der Waals surface area contributed by atoms with Crippen molar-refractivity contribution in [2.24, 2.45) is 0 Å². The van der Waals surface area contributed by atoms with Gasteiger partial charge < -0.3 is 15.1 Å². The molecule has 31 heavy (non-hydrogen) atoms. The molecule has 0 atom stereocenters. The molecule has 4 heterocycles. The van der Waals surface area contributed by atoms with Crippen molar-refractivity contribution in [1.82, 2.24) is 20.2 Å². The molecule has 2 fully saturated rings. The minimum atomic E-state index is -0.00154. The quantitative estimate of drug-likeness (QED) is 0.809. The first-order valence-electron chi connectivity index (χ1n) is 11.5. The van der Waals surface area contributed by atoms with E-state index in [0.717, 1.165) is 62.8 Å². The number of aryl methyl sites for hydroxylation is 1. The highest BCUT2D eigenvalue weighted by molar-refractivity contribution is 5.95. The summed E-state index contributed by atoms with van der Waals surface area (Å²) in [6.07, 6.45) is 8.32. The number of piperidine rings is 2. The Morgan fingerprint density at radius 3 is 2.48 bits per heavy atom. The first-order chi connectivity index (χ1) is 15.1. The van der Waals surface area contributed by atoms with Gasteiger partial charge in [-0.05, 0) is 57.3 Å². The van der Waals surface area contributed by atoms with E-state index in [2.05, 4.69) is 43.3 Å². The molecular formula is C24H32N6O. The van der Waals surface area contributed by atoms with Gasteiger partial charge in [-0.2, -0.15) is 0 Å². The van der Waals surface area contributed by atoms with Crippen molar-refractivity contribution in [3.8, 4) is 0 Å². The largest absolute Gasteiger partial charge is 0.355 e. The van der Waals surface area contributed by atoms with Crippen molar-refractivity contribution in [3.05, 3.63) is 47.9 Å². The summed E-state index contributed by atoms with van der Waals surface area (Å²) in [6.45, 7) is 7.05. The second-order valence-electron chi connectivity index (χ2n) is 9.21. The lowest BCUT2D eigenvalue weighted by Crippen LogP contribution is -2.52. The van der Waals surface area contributed by atoms with E-state index in [4.69, 9.17) is 0 Å². The zero-order valence-electron chi connectivity index (χ0n) is 18.5. The van der Waals surface area contributed by atoms with Gasteiger partial charge in [0.1, 0.15) is 5.82 Å². The normalized spacial score (nSPS) is 21.4. The topological polar surface area (TPSA) is 64.6 Å². The number of para-hydroxylation sites is 1. The fraction of sp³-hybridized carbons (Fsp3) is 0.542. The number of nitrogens with zero attached hydrogens (tertiary/aromatic N) is 5. The maximum atomic E-state index is 12.5. The zero-order chi connectivity index (χ0) is 21.4. The van der Waals surface area contributed by atoms with E-state index in [0.29, 0.717) is 6.04 Å². The molecule has 1 aromatic carbocycles. The molecule has 2 saturated heterocycles. The molecule has 2 aromatic rings. The van der Waals surface area contributed by atoms with E-state index in [1.807, 2.05) is 30.3 Å². The predicted octanol–water partition coefficient (Wildman–Crippen LogP) is 2.95. The summed E-state index contributed by atoms with van der Waals surface area (Å²) in [6, 6.07) is 9.11. The molecule has 1 spiro atoms. The Bertz CT molecular complexity index is 929. The maximum absolute atomic E-state index is 12.5. The van der Waals surface area contributed by atoms with Crippen LogP contribution in [0.2, 0.25) is 0 Å². The number of amides is 2. The molecule has 5 rings (SSSR count). The van der Waals surface area contributed by atoms with E-state index >= 15 is 0 Å². The van der Waals surface area contributed by atoms with Crippen LogP contribution in [0.5, 0.6) is 0 Å². The van der Waals surface area contributed by atoms with Gasteiger partial charge in [0.05, 0.1) is 18.1 Å². The molecule has 7 nitrogen and oxygen atoms in total. The Kier molecular flexibility index (Phi) is 5.30. The summed E-state index contributed by atoms with van der Waals surface area (Å²) in [5.41, 5.74) is 3.50. The third-order valence-corrected chi connectivity index (χ3v) is 7.51. The number of nitrogens with one attached hydrogen (secondary N) is 1. The van der Waals surface area contributed by atoms with Crippen molar-refractivity contribution in [1.29, 1.82) is 0 Å². The van der Waals surface area contributed by atoms with Gasteiger partial charge in [-0.3, -0.25) is 9.88 Å². The average Bonchev–Trinajstić information content (AvgIpc) is 3.14. The van der Waals surface area contributed by atoms with Crippen molar-refractivity contribution in [3.63, 3.8) is 0 Å². The first kappa shape index (κ1) is 20.2. The van der Waals surface area contributed by atoms with Gasteiger partial charge in [0, 0.05) is 43.8 Å². The molecule has 0 aliphatic carbocycles. The predicted molar refractivity (Wildman–Crippen MR) is 123 cm³/mol. The minimum Gasteiger partial charge on any atom is -0.355 e. The smallest absolute Gasteiger partial charge is 0.321 e. The van der Waals surface area contributed by atoms with Crippen molar-refractivity contribution in [2.75, 3.05) is 49.6 Å². The lowest BCUT2D eigenvalue weighted by molar-refractivity contribution is 0.105. The van der Waals surface area contributed by atoms with Gasteiger partial charge in [0.25, 0.3) is 0 Å². The Hall–Kier alpha value is -2.67. The molecule has 2 amide bonds. The highest BCUT2D eigenvalue weighted by atomic mass is 16.2. The van der Waals surface area contributed by atoms with Crippen LogP contribution >= 0.6 is 0 Å². The maximum Gasteiger partial charge on any atom is 0.321 e. The molecular weight excluding hydrogens is 388 g/mol. The number of likely N-dealkylation sites (tertiary alicyclic amines) is 1. The highest BCUT2D eigenvalue weighted by Crippen LogP contribution is 2.47. The Morgan fingerprint density at radius 2 is 1.81 bits per heavy atom. The first-order valence-corrected chi connectivity index (χ1v) is 11.5. The van der Waals surface area contributed by atoms with Gasteiger partial charge in [-0.1, -0.05) is 18.2 Å². The molecule has 164 valence electrons. The van der Waals surface area contributed by atoms with Gasteiger partial charge in [-0.25, -0.2) is 9.78 Å². The van der Waals surface area contributed by atoms with Crippen LogP contribution < -0.4 is 15.1 Å². The number of anilines is 2. The minimum absolute atomic E-state index is 0.00154. The highest BCUT2D eigenvalue weighted by Gasteiger charge is 2.46. The monoisotopic (exact) mass is 420 g/mol. The molecule has 3 aliphatic rings. The van der Waals surface area contributed by atoms with E-state index in [9.17, 15) is 4.79 Å². The summed E-state index contributed by atoms with van der Waals surface area (Å²) in [5, 5.41) is 2.81. The number of carbonyl (C=O) groups excluding carboxylic acids is 1. The second-order valence-corrected chi connectivity index (χ2v) is 9.21. The molecule has 1 N–H and O–H groups in total. The van der Waals surface area contributed by atoms with Crippen LogP contribution in [0.25, 0.3) is 0 Å². The van der Waals surface area contributed by atoms with Crippen LogP contribution in [0, 0.1) is 6.92 Å². The number of hydrogen-bond acceptors (Lipinski definition) is 5. The Morgan fingerprint density at radius 1 is 1.06 bits per heavy atom. The number of aromatic nitrogens is 2. The van der Waals surface area contributed by atoms with Gasteiger partial charge >= 0.3 is 6.03 Å². The van der Waals surface area contributed by atoms with Crippen molar-refractivity contribution in [2.45, 2.75) is 44.1 Å². The fourth-order valence-corrected chi connectivity index (χ4v) is 5.70. The Balaban J connectivity index is 1.22. The van der Waals surface area contributed by atoms with Crippen LogP contribution in [-0.4, -0.2) is 66.7 Å². The molecule has 0 saturated carbocycles. The summed E-state index contributed by atoms with van der Waals surface area (Å²) in [4.78, 5) is 28.4. The molecule has 1 aromatic heterocycles. The van der Waals surface area contributed by atoms with E-state index in [-0.39, 0.29) is 11.4 Å². The standard InChI is InChI=1S/C24H32N6O/c1-18-15-27-22(16-26-18)29-11-7-19(8-12-29)28-13-9-24(10-14-28)17-30(23(31)25-2)21-6-4-3-5-20(21)24/h3-6,15-16,19H,7-14,17H2,1-2H3,(H,25,31). The van der Waals surface area contributed by atoms with Crippen LogP contribution in [-0.2, 0) is 5.41 Å². The lowest BCUT2D eigenvalue weighted by Gasteiger charge is -2.45. The van der Waals surface area contributed by atoms with Gasteiger partial charge in [0.15, 0.2) is 0 Å². The SMILES string of the molecule is CNC(=O)N1CC2(CCN(C3CCN(c4cnc(C)cn4)CC3)CC2)c2ccccc21. The molecule has 3 aliphatic heterocycles. The van der Waals surface area contributed by atoms with Gasteiger partial charge in [-0.15, -0.1) is 0 Å². The third kappa shape index (κ3) is 3.65. The Labute approximate surface area is 184 Å². The van der Waals surface area contributed by atoms with Crippen molar-refractivity contribution >= 4 is 17.5 Å². The van der Waals surface area contributed by atoms with E-state index in [1.165, 1.54) is 18.4 Å². The number of benzene rings is 1. The molecule has 0 radical (unpaired) electrons. The number of fused-ring (bicyclic) bond motifs is 2. The lowest BCUT2D eigenvalue weighted by atomic mass is 9.74. The van der Waals surface area contributed by atoms with Crippen LogP contribution in [0.15, 0.2) is 36.7 Å². The summed E-state index contributed by atoms with van der Waals surface area (Å²) in [5.74, 6) is 0.999. The van der Waals surface area contributed by atoms with Gasteiger partial charge in [0.2, 0.25) is 0 Å². The van der Waals surface area contributed by atoms with Crippen LogP contribution in [0.3, 0.4) is 0 Å². The summed E-state index contributed by atoms with van der Waals surface area (Å²) in [7, 11) is 1.72. The average molecular weight is 421 g/mol. The molecule has 7 heteroatoms. The summed E-state index contributed by atoms with van der Waals surface area (Å²) < 4.78 is 0. The number of hydrogen-bond donors (Lipinski definition) is 1. The second kappa shape index (κ2) is 8.11. The number of rotatable bonds is 2. The van der Waals surface area contributed by atoms with Crippen LogP contribution in [0.1, 0.15) is 36.9 Å². The van der Waals surface area contributed by atoms with E-state index in [1.54, 1.807) is 7.05 Å². The fourth-order valence-electron chi connectivity index (χ4n) is 5.70. The van der Waals surface area contributed by atoms with E-state index < -0.39 is 0 Å². The zero-order valence-corrected chi connectivity index (χ0v) is 18.5. The molecule has 0 unspecified atom stereocenters. The van der Waals surface area contributed by atoms with Crippen LogP contribution in [0.4, 0.5) is 16.3 Å². The summed E-state index contributed by atoms with van der Waals surface area (Å²) >= 11 is 0. The number of urea groups is 1. The van der Waals surface area contributed by atoms with Crippen molar-refractivity contribution < 1.29 is 4.79 Å². The third-order valence-electron chi connectivity index (χ3n) is 7.51. The molecule has 0 bridgehead atoms. The number of carbonyl (C=O) groups is 1.